The average molecular weight is 299 g/mol. The van der Waals surface area contributed by atoms with E-state index in [0.717, 1.165) is 0 Å². The molecule has 1 unspecified atom stereocenters. The Hall–Kier alpha value is -1.39. The van der Waals surface area contributed by atoms with Crippen LogP contribution in [0.2, 0.25) is 5.02 Å². The van der Waals surface area contributed by atoms with Gasteiger partial charge in [0, 0.05) is 17.9 Å². The number of carboxylic acids is 1. The minimum atomic E-state index is -1.61. The number of carboxylic acid groups (broad SMARTS) is 1. The predicted octanol–water partition coefficient (Wildman–Crippen LogP) is 3.11. The molecule has 5 heteroatoms. The van der Waals surface area contributed by atoms with Crippen molar-refractivity contribution in [3.8, 4) is 0 Å². The zero-order valence-corrected chi connectivity index (χ0v) is 12.6. The lowest BCUT2D eigenvalue weighted by Crippen LogP contribution is -2.49. The Morgan fingerprint density at radius 1 is 1.35 bits per heavy atom. The second-order valence-electron chi connectivity index (χ2n) is 5.65. The van der Waals surface area contributed by atoms with Gasteiger partial charge in [0.05, 0.1) is 5.60 Å². The third-order valence-corrected chi connectivity index (χ3v) is 3.11. The zero-order valence-electron chi connectivity index (χ0n) is 11.9. The third-order valence-electron chi connectivity index (χ3n) is 2.74. The monoisotopic (exact) mass is 298 g/mol. The number of carbonyl (C=O) groups excluding carboxylic acids is 1. The van der Waals surface area contributed by atoms with Gasteiger partial charge < -0.3 is 14.6 Å². The van der Waals surface area contributed by atoms with Gasteiger partial charge in [-0.1, -0.05) is 29.8 Å². The van der Waals surface area contributed by atoms with Crippen molar-refractivity contribution in [2.24, 2.45) is 0 Å². The fourth-order valence-electron chi connectivity index (χ4n) is 2.03. The second-order valence-corrected chi connectivity index (χ2v) is 6.06. The molecule has 1 aromatic rings. The number of hydrogen-bond acceptors (Lipinski definition) is 3. The molecule has 0 aliphatic rings. The highest BCUT2D eigenvalue weighted by molar-refractivity contribution is 6.31. The number of aldehydes is 1. The molecule has 1 aromatic carbocycles. The predicted molar refractivity (Wildman–Crippen MR) is 77.0 cm³/mol. The Labute approximate surface area is 123 Å². The molecule has 1 atom stereocenters. The Balaban J connectivity index is 3.19. The van der Waals surface area contributed by atoms with E-state index in [0.29, 0.717) is 16.9 Å². The van der Waals surface area contributed by atoms with E-state index in [1.54, 1.807) is 45.0 Å². The largest absolute Gasteiger partial charge is 0.479 e. The molecule has 0 amide bonds. The quantitative estimate of drug-likeness (QED) is 0.820. The number of ether oxygens (including phenoxy) is 1. The van der Waals surface area contributed by atoms with Gasteiger partial charge in [0.1, 0.15) is 6.29 Å². The van der Waals surface area contributed by atoms with Crippen molar-refractivity contribution in [1.82, 2.24) is 0 Å². The van der Waals surface area contributed by atoms with Crippen LogP contribution in [0.5, 0.6) is 0 Å². The van der Waals surface area contributed by atoms with Crippen LogP contribution in [0, 0.1) is 0 Å². The van der Waals surface area contributed by atoms with Gasteiger partial charge in [-0.2, -0.15) is 0 Å². The first-order chi connectivity index (χ1) is 9.20. The lowest BCUT2D eigenvalue weighted by molar-refractivity contribution is -0.186. The summed E-state index contributed by atoms with van der Waals surface area (Å²) in [6, 6.07) is 6.95. The topological polar surface area (TPSA) is 63.6 Å². The lowest BCUT2D eigenvalue weighted by Gasteiger charge is -2.35. The van der Waals surface area contributed by atoms with E-state index in [9.17, 15) is 14.7 Å². The molecule has 0 aromatic heterocycles. The highest BCUT2D eigenvalue weighted by Crippen LogP contribution is 2.30. The van der Waals surface area contributed by atoms with Gasteiger partial charge in [0.25, 0.3) is 0 Å². The van der Waals surface area contributed by atoms with Crippen molar-refractivity contribution in [2.45, 2.75) is 44.8 Å². The van der Waals surface area contributed by atoms with Crippen LogP contribution in [0.15, 0.2) is 24.3 Å². The Bertz CT molecular complexity index is 493. The van der Waals surface area contributed by atoms with Crippen molar-refractivity contribution in [2.75, 3.05) is 0 Å². The molecule has 0 aliphatic heterocycles. The van der Waals surface area contributed by atoms with Gasteiger partial charge >= 0.3 is 5.97 Å². The summed E-state index contributed by atoms with van der Waals surface area (Å²) in [6.07, 6.45) is 0.375. The van der Waals surface area contributed by atoms with Crippen molar-refractivity contribution in [3.63, 3.8) is 0 Å². The molecular formula is C15H19ClO4. The summed E-state index contributed by atoms with van der Waals surface area (Å²) in [5.74, 6) is -1.17. The number of halogens is 1. The van der Waals surface area contributed by atoms with Crippen molar-refractivity contribution in [1.29, 1.82) is 0 Å². The van der Waals surface area contributed by atoms with Crippen LogP contribution in [-0.4, -0.2) is 28.6 Å². The molecule has 1 N–H and O–H groups in total. The van der Waals surface area contributed by atoms with Crippen molar-refractivity contribution < 1.29 is 19.4 Å². The fourth-order valence-corrected chi connectivity index (χ4v) is 2.23. The summed E-state index contributed by atoms with van der Waals surface area (Å²) in [5, 5.41) is 10.0. The Morgan fingerprint density at radius 2 is 1.95 bits per heavy atom. The molecule has 0 radical (unpaired) electrons. The first-order valence-electron chi connectivity index (χ1n) is 6.31. The summed E-state index contributed by atoms with van der Waals surface area (Å²) in [5.41, 5.74) is -1.66. The van der Waals surface area contributed by atoms with Crippen LogP contribution in [0.25, 0.3) is 0 Å². The van der Waals surface area contributed by atoms with Gasteiger partial charge in [-0.3, -0.25) is 0 Å². The maximum absolute atomic E-state index is 11.7. The number of benzene rings is 1. The molecule has 0 heterocycles. The third kappa shape index (κ3) is 4.32. The average Bonchev–Trinajstić information content (AvgIpc) is 2.30. The van der Waals surface area contributed by atoms with Gasteiger partial charge in [0.15, 0.2) is 5.60 Å². The fraction of sp³-hybridized carbons (Fsp3) is 0.467. The van der Waals surface area contributed by atoms with Crippen molar-refractivity contribution >= 4 is 23.9 Å². The van der Waals surface area contributed by atoms with Gasteiger partial charge in [-0.25, -0.2) is 4.79 Å². The maximum atomic E-state index is 11.7. The Kier molecular flexibility index (Phi) is 5.31. The summed E-state index contributed by atoms with van der Waals surface area (Å²) in [6.45, 7) is 5.26. The lowest BCUT2D eigenvalue weighted by atomic mass is 9.90. The maximum Gasteiger partial charge on any atom is 0.336 e. The molecule has 110 valence electrons. The molecule has 0 spiro atoms. The van der Waals surface area contributed by atoms with Gasteiger partial charge in [-0.15, -0.1) is 0 Å². The summed E-state index contributed by atoms with van der Waals surface area (Å²) in [4.78, 5) is 22.6. The smallest absolute Gasteiger partial charge is 0.336 e. The number of carbonyl (C=O) groups is 2. The van der Waals surface area contributed by atoms with E-state index in [4.69, 9.17) is 16.3 Å². The van der Waals surface area contributed by atoms with E-state index in [2.05, 4.69) is 0 Å². The summed E-state index contributed by atoms with van der Waals surface area (Å²) >= 11 is 6.07. The highest BCUT2D eigenvalue weighted by atomic mass is 35.5. The van der Waals surface area contributed by atoms with E-state index >= 15 is 0 Å². The standard InChI is InChI=1S/C15H19ClO4/c1-14(2,3)20-15(8-9-17,13(18)19)10-11-6-4-5-7-12(11)16/h4-7,9H,8,10H2,1-3H3,(H,18,19). The van der Waals surface area contributed by atoms with Crippen LogP contribution in [-0.2, 0) is 20.7 Å². The SMILES string of the molecule is CC(C)(C)OC(CC=O)(Cc1ccccc1Cl)C(=O)O. The highest BCUT2D eigenvalue weighted by Gasteiger charge is 2.43. The molecular weight excluding hydrogens is 280 g/mol. The molecule has 1 rings (SSSR count). The van der Waals surface area contributed by atoms with Crippen molar-refractivity contribution in [3.05, 3.63) is 34.9 Å². The van der Waals surface area contributed by atoms with Crippen LogP contribution in [0.3, 0.4) is 0 Å². The number of hydrogen-bond donors (Lipinski definition) is 1. The molecule has 0 aliphatic carbocycles. The number of aliphatic carboxylic acids is 1. The first kappa shape index (κ1) is 16.7. The van der Waals surface area contributed by atoms with Gasteiger partial charge in [0.2, 0.25) is 0 Å². The van der Waals surface area contributed by atoms with E-state index < -0.39 is 17.2 Å². The van der Waals surface area contributed by atoms with Crippen LogP contribution >= 0.6 is 11.6 Å². The second kappa shape index (κ2) is 6.37. The molecule has 0 saturated carbocycles. The first-order valence-corrected chi connectivity index (χ1v) is 6.68. The minimum Gasteiger partial charge on any atom is -0.479 e. The van der Waals surface area contributed by atoms with E-state index in [1.165, 1.54) is 0 Å². The molecule has 0 saturated heterocycles. The molecule has 20 heavy (non-hydrogen) atoms. The van der Waals surface area contributed by atoms with Crippen LogP contribution in [0.4, 0.5) is 0 Å². The van der Waals surface area contributed by atoms with E-state index in [-0.39, 0.29) is 12.8 Å². The minimum absolute atomic E-state index is 0.0397. The van der Waals surface area contributed by atoms with Crippen LogP contribution in [0.1, 0.15) is 32.8 Å². The van der Waals surface area contributed by atoms with Gasteiger partial charge in [-0.05, 0) is 32.4 Å². The zero-order chi connectivity index (χ0) is 15.4. The number of rotatable bonds is 6. The van der Waals surface area contributed by atoms with E-state index in [1.807, 2.05) is 0 Å². The molecule has 4 nitrogen and oxygen atoms in total. The Morgan fingerprint density at radius 3 is 2.40 bits per heavy atom. The van der Waals surface area contributed by atoms with Crippen LogP contribution < -0.4 is 0 Å². The molecule has 0 fully saturated rings. The summed E-state index contributed by atoms with van der Waals surface area (Å²) in [7, 11) is 0. The normalized spacial score (nSPS) is 14.6. The molecule has 0 bridgehead atoms. The summed E-state index contributed by atoms with van der Waals surface area (Å²) < 4.78 is 5.70.